The lowest BCUT2D eigenvalue weighted by Gasteiger charge is -2.40. The summed E-state index contributed by atoms with van der Waals surface area (Å²) >= 11 is 0. The average molecular weight is 243 g/mol. The molecular formula is C15H33NO. The monoisotopic (exact) mass is 243 g/mol. The number of rotatable bonds is 4. The third-order valence-corrected chi connectivity index (χ3v) is 2.51. The van der Waals surface area contributed by atoms with Gasteiger partial charge in [0.15, 0.2) is 0 Å². The van der Waals surface area contributed by atoms with Crippen LogP contribution in [0.3, 0.4) is 0 Å². The predicted octanol–water partition coefficient (Wildman–Crippen LogP) is 3.95. The molecule has 0 saturated carbocycles. The molecule has 0 rings (SSSR count). The minimum atomic E-state index is -0.0364. The SMILES string of the molecule is CC(C)(C)CN(CCOC(C)(C)C)C(C)(C)C. The number of hydrogen-bond acceptors (Lipinski definition) is 2. The van der Waals surface area contributed by atoms with E-state index in [2.05, 4.69) is 67.2 Å². The molecule has 0 amide bonds. The van der Waals surface area contributed by atoms with Crippen molar-refractivity contribution in [1.82, 2.24) is 4.90 Å². The molecule has 0 aromatic rings. The van der Waals surface area contributed by atoms with Crippen molar-refractivity contribution >= 4 is 0 Å². The van der Waals surface area contributed by atoms with Crippen molar-refractivity contribution in [2.24, 2.45) is 5.41 Å². The summed E-state index contributed by atoms with van der Waals surface area (Å²) in [6.07, 6.45) is 0. The average Bonchev–Trinajstić information content (AvgIpc) is 1.95. The normalized spacial score (nSPS) is 14.5. The van der Waals surface area contributed by atoms with Gasteiger partial charge in [-0.3, -0.25) is 4.90 Å². The number of nitrogens with zero attached hydrogens (tertiary/aromatic N) is 1. The van der Waals surface area contributed by atoms with Crippen molar-refractivity contribution in [2.75, 3.05) is 19.7 Å². The Labute approximate surface area is 109 Å². The first-order valence-electron chi connectivity index (χ1n) is 6.70. The Morgan fingerprint density at radius 3 is 1.59 bits per heavy atom. The zero-order valence-electron chi connectivity index (χ0n) is 13.5. The third-order valence-electron chi connectivity index (χ3n) is 2.51. The van der Waals surface area contributed by atoms with E-state index in [1.807, 2.05) is 0 Å². The lowest BCUT2D eigenvalue weighted by Crippen LogP contribution is -2.47. The molecule has 0 radical (unpaired) electrons. The summed E-state index contributed by atoms with van der Waals surface area (Å²) < 4.78 is 5.83. The Morgan fingerprint density at radius 2 is 1.29 bits per heavy atom. The Balaban J connectivity index is 4.33. The maximum atomic E-state index is 5.83. The van der Waals surface area contributed by atoms with E-state index in [0.29, 0.717) is 5.41 Å². The fraction of sp³-hybridized carbons (Fsp3) is 1.00. The maximum Gasteiger partial charge on any atom is 0.0600 e. The highest BCUT2D eigenvalue weighted by Crippen LogP contribution is 2.22. The number of ether oxygens (including phenoxy) is 1. The first-order valence-corrected chi connectivity index (χ1v) is 6.70. The van der Waals surface area contributed by atoms with Gasteiger partial charge < -0.3 is 4.74 Å². The molecule has 0 aliphatic rings. The Kier molecular flexibility index (Phi) is 5.68. The smallest absolute Gasteiger partial charge is 0.0600 e. The molecule has 0 bridgehead atoms. The van der Waals surface area contributed by atoms with Crippen LogP contribution in [-0.4, -0.2) is 35.7 Å². The highest BCUT2D eigenvalue weighted by atomic mass is 16.5. The summed E-state index contributed by atoms with van der Waals surface area (Å²) in [4.78, 5) is 2.51. The molecule has 0 aliphatic heterocycles. The van der Waals surface area contributed by atoms with Gasteiger partial charge in [-0.2, -0.15) is 0 Å². The molecule has 0 fully saturated rings. The molecule has 2 nitrogen and oxygen atoms in total. The van der Waals surface area contributed by atoms with Crippen molar-refractivity contribution in [3.63, 3.8) is 0 Å². The second kappa shape index (κ2) is 5.71. The van der Waals surface area contributed by atoms with E-state index in [1.165, 1.54) is 0 Å². The van der Waals surface area contributed by atoms with Gasteiger partial charge in [-0.05, 0) is 47.0 Å². The number of hydrogen-bond donors (Lipinski definition) is 0. The van der Waals surface area contributed by atoms with Gasteiger partial charge in [-0.15, -0.1) is 0 Å². The van der Waals surface area contributed by atoms with Crippen LogP contribution in [0.15, 0.2) is 0 Å². The molecule has 0 aromatic carbocycles. The third kappa shape index (κ3) is 9.61. The van der Waals surface area contributed by atoms with E-state index in [-0.39, 0.29) is 11.1 Å². The van der Waals surface area contributed by atoms with Gasteiger partial charge in [0.25, 0.3) is 0 Å². The van der Waals surface area contributed by atoms with E-state index in [1.54, 1.807) is 0 Å². The van der Waals surface area contributed by atoms with Gasteiger partial charge in [0.1, 0.15) is 0 Å². The van der Waals surface area contributed by atoms with Crippen molar-refractivity contribution in [3.05, 3.63) is 0 Å². The standard InChI is InChI=1S/C15H33NO/c1-13(2,3)12-16(14(4,5)6)10-11-17-15(7,8)9/h10-12H2,1-9H3. The van der Waals surface area contributed by atoms with Crippen LogP contribution in [0.2, 0.25) is 0 Å². The maximum absolute atomic E-state index is 5.83. The summed E-state index contributed by atoms with van der Waals surface area (Å²) in [5.41, 5.74) is 0.495. The van der Waals surface area contributed by atoms with Gasteiger partial charge in [-0.25, -0.2) is 0 Å². The summed E-state index contributed by atoms with van der Waals surface area (Å²) in [6.45, 7) is 22.9. The zero-order valence-corrected chi connectivity index (χ0v) is 13.5. The Bertz CT molecular complexity index is 215. The van der Waals surface area contributed by atoms with Gasteiger partial charge >= 0.3 is 0 Å². The van der Waals surface area contributed by atoms with Crippen LogP contribution in [0.5, 0.6) is 0 Å². The molecule has 17 heavy (non-hydrogen) atoms. The van der Waals surface area contributed by atoms with Crippen LogP contribution in [0, 0.1) is 5.41 Å². The van der Waals surface area contributed by atoms with E-state index in [0.717, 1.165) is 19.7 Å². The molecule has 0 atom stereocenters. The molecule has 0 aliphatic carbocycles. The summed E-state index contributed by atoms with van der Waals surface area (Å²) in [6, 6.07) is 0. The van der Waals surface area contributed by atoms with E-state index in [4.69, 9.17) is 4.74 Å². The molecule has 0 aromatic heterocycles. The summed E-state index contributed by atoms with van der Waals surface area (Å²) in [7, 11) is 0. The highest BCUT2D eigenvalue weighted by Gasteiger charge is 2.26. The summed E-state index contributed by atoms with van der Waals surface area (Å²) in [5.74, 6) is 0. The van der Waals surface area contributed by atoms with Crippen molar-refractivity contribution < 1.29 is 4.74 Å². The minimum Gasteiger partial charge on any atom is -0.375 e. The molecule has 2 heteroatoms. The van der Waals surface area contributed by atoms with Gasteiger partial charge in [0.2, 0.25) is 0 Å². The second-order valence-electron chi connectivity index (χ2n) is 8.11. The first-order chi connectivity index (χ1) is 7.31. The molecule has 0 saturated heterocycles. The van der Waals surface area contributed by atoms with Crippen LogP contribution >= 0.6 is 0 Å². The fourth-order valence-corrected chi connectivity index (χ4v) is 1.69. The molecule has 0 unspecified atom stereocenters. The Morgan fingerprint density at radius 1 is 0.824 bits per heavy atom. The van der Waals surface area contributed by atoms with Gasteiger partial charge in [0.05, 0.1) is 12.2 Å². The van der Waals surface area contributed by atoms with E-state index in [9.17, 15) is 0 Å². The van der Waals surface area contributed by atoms with Crippen molar-refractivity contribution in [1.29, 1.82) is 0 Å². The van der Waals surface area contributed by atoms with E-state index < -0.39 is 0 Å². The topological polar surface area (TPSA) is 12.5 Å². The lowest BCUT2D eigenvalue weighted by atomic mass is 9.93. The predicted molar refractivity (Wildman–Crippen MR) is 76.5 cm³/mol. The first kappa shape index (κ1) is 16.9. The van der Waals surface area contributed by atoms with Crippen LogP contribution in [0.1, 0.15) is 62.3 Å². The molecule has 0 N–H and O–H groups in total. The second-order valence-corrected chi connectivity index (χ2v) is 8.11. The molecular weight excluding hydrogens is 210 g/mol. The van der Waals surface area contributed by atoms with Crippen LogP contribution < -0.4 is 0 Å². The molecule has 104 valence electrons. The zero-order chi connectivity index (χ0) is 13.9. The highest BCUT2D eigenvalue weighted by molar-refractivity contribution is 4.80. The van der Waals surface area contributed by atoms with E-state index >= 15 is 0 Å². The van der Waals surface area contributed by atoms with Crippen molar-refractivity contribution in [2.45, 2.75) is 73.5 Å². The fourth-order valence-electron chi connectivity index (χ4n) is 1.69. The van der Waals surface area contributed by atoms with Crippen LogP contribution in [0.4, 0.5) is 0 Å². The quantitative estimate of drug-likeness (QED) is 0.741. The van der Waals surface area contributed by atoms with Crippen molar-refractivity contribution in [3.8, 4) is 0 Å². The van der Waals surface area contributed by atoms with Crippen LogP contribution in [-0.2, 0) is 4.74 Å². The lowest BCUT2D eigenvalue weighted by molar-refractivity contribution is -0.0288. The molecule has 0 spiro atoms. The Hall–Kier alpha value is -0.0800. The minimum absolute atomic E-state index is 0.0364. The molecule has 0 heterocycles. The largest absolute Gasteiger partial charge is 0.375 e. The van der Waals surface area contributed by atoms with Crippen LogP contribution in [0.25, 0.3) is 0 Å². The van der Waals surface area contributed by atoms with Gasteiger partial charge in [0, 0.05) is 18.6 Å². The van der Waals surface area contributed by atoms with Gasteiger partial charge in [-0.1, -0.05) is 20.8 Å². The summed E-state index contributed by atoms with van der Waals surface area (Å²) in [5, 5.41) is 0.